The number of nitrogens with zero attached hydrogens (tertiary/aromatic N) is 3. The normalized spacial score (nSPS) is 18.8. The molecule has 2 unspecified atom stereocenters. The van der Waals surface area contributed by atoms with Crippen molar-refractivity contribution < 1.29 is 4.79 Å². The Kier molecular flexibility index (Phi) is 7.69. The van der Waals surface area contributed by atoms with Gasteiger partial charge in [-0.2, -0.15) is 0 Å². The largest absolute Gasteiger partial charge is 0.334 e. The van der Waals surface area contributed by atoms with Gasteiger partial charge in [0.1, 0.15) is 5.82 Å². The maximum atomic E-state index is 13.1. The van der Waals surface area contributed by atoms with Gasteiger partial charge in [-0.25, -0.2) is 4.98 Å². The van der Waals surface area contributed by atoms with Crippen molar-refractivity contribution in [1.82, 2.24) is 14.5 Å². The highest BCUT2D eigenvalue weighted by Gasteiger charge is 2.29. The molecule has 1 saturated heterocycles. The zero-order chi connectivity index (χ0) is 19.0. The standard InChI is InChI=1S/C22H26N4O.2ClH/c1-15-10-11-25(19(12-15)14-23)22(27)17-8-9-21-20(13-17)24-16(2)26(21)18-6-4-3-5-7-18;;/h3-9,13,15,19H,10-12,14,23H2,1-2H3;2*1H. The van der Waals surface area contributed by atoms with Crippen molar-refractivity contribution in [2.45, 2.75) is 32.7 Å². The molecule has 2 heterocycles. The summed E-state index contributed by atoms with van der Waals surface area (Å²) in [6, 6.07) is 16.1. The van der Waals surface area contributed by atoms with Gasteiger partial charge in [0.15, 0.2) is 0 Å². The average Bonchev–Trinajstić information content (AvgIpc) is 3.02. The van der Waals surface area contributed by atoms with Gasteiger partial charge >= 0.3 is 0 Å². The molecule has 156 valence electrons. The Morgan fingerprint density at radius 1 is 1.17 bits per heavy atom. The van der Waals surface area contributed by atoms with Gasteiger partial charge in [0.05, 0.1) is 11.0 Å². The molecule has 4 rings (SSSR count). The highest BCUT2D eigenvalue weighted by atomic mass is 35.5. The second kappa shape index (κ2) is 9.61. The molecule has 0 radical (unpaired) electrons. The minimum absolute atomic E-state index is 0. The lowest BCUT2D eigenvalue weighted by Gasteiger charge is -2.38. The van der Waals surface area contributed by atoms with Crippen molar-refractivity contribution in [3.63, 3.8) is 0 Å². The Labute approximate surface area is 184 Å². The lowest BCUT2D eigenvalue weighted by atomic mass is 9.92. The van der Waals surface area contributed by atoms with Crippen LogP contribution in [0.25, 0.3) is 16.7 Å². The van der Waals surface area contributed by atoms with E-state index < -0.39 is 0 Å². The number of fused-ring (bicyclic) bond motifs is 1. The van der Waals surface area contributed by atoms with Gasteiger partial charge in [-0.1, -0.05) is 25.1 Å². The van der Waals surface area contributed by atoms with Gasteiger partial charge in [0.2, 0.25) is 0 Å². The number of piperidine rings is 1. The Hall–Kier alpha value is -2.08. The maximum absolute atomic E-state index is 13.1. The molecule has 1 fully saturated rings. The minimum Gasteiger partial charge on any atom is -0.334 e. The van der Waals surface area contributed by atoms with E-state index in [1.165, 1.54) is 0 Å². The zero-order valence-corrected chi connectivity index (χ0v) is 18.4. The summed E-state index contributed by atoms with van der Waals surface area (Å²) in [4.78, 5) is 19.8. The van der Waals surface area contributed by atoms with Crippen LogP contribution in [0.1, 0.15) is 35.9 Å². The second-order valence-corrected chi connectivity index (χ2v) is 7.55. The fraction of sp³-hybridized carbons (Fsp3) is 0.364. The molecule has 7 heteroatoms. The lowest BCUT2D eigenvalue weighted by molar-refractivity contribution is 0.0574. The number of amides is 1. The molecular formula is C22H28Cl2N4O. The van der Waals surface area contributed by atoms with Crippen LogP contribution >= 0.6 is 24.8 Å². The number of para-hydroxylation sites is 1. The van der Waals surface area contributed by atoms with Crippen LogP contribution in [0.4, 0.5) is 0 Å². The Balaban J connectivity index is 0.00000150. The topological polar surface area (TPSA) is 64.2 Å². The highest BCUT2D eigenvalue weighted by Crippen LogP contribution is 2.26. The van der Waals surface area contributed by atoms with E-state index in [1.54, 1.807) is 0 Å². The van der Waals surface area contributed by atoms with E-state index in [4.69, 9.17) is 10.7 Å². The van der Waals surface area contributed by atoms with Crippen LogP contribution in [0.2, 0.25) is 0 Å². The molecule has 2 aromatic carbocycles. The first kappa shape index (κ1) is 23.2. The predicted molar refractivity (Wildman–Crippen MR) is 123 cm³/mol. The van der Waals surface area contributed by atoms with Gasteiger partial charge < -0.3 is 10.6 Å². The van der Waals surface area contributed by atoms with Crippen LogP contribution in [0, 0.1) is 12.8 Å². The van der Waals surface area contributed by atoms with Crippen LogP contribution in [0.15, 0.2) is 48.5 Å². The Morgan fingerprint density at radius 2 is 1.90 bits per heavy atom. The first-order valence-corrected chi connectivity index (χ1v) is 9.64. The van der Waals surface area contributed by atoms with E-state index >= 15 is 0 Å². The Bertz CT molecular complexity index is 974. The Morgan fingerprint density at radius 3 is 2.59 bits per heavy atom. The molecule has 1 aliphatic rings. The number of rotatable bonds is 3. The number of benzene rings is 2. The van der Waals surface area contributed by atoms with Crippen LogP contribution in [0.3, 0.4) is 0 Å². The van der Waals surface area contributed by atoms with E-state index in [0.717, 1.165) is 41.9 Å². The zero-order valence-electron chi connectivity index (χ0n) is 16.7. The molecular weight excluding hydrogens is 407 g/mol. The smallest absolute Gasteiger partial charge is 0.254 e. The van der Waals surface area contributed by atoms with Crippen molar-refractivity contribution in [3.05, 3.63) is 59.9 Å². The number of aryl methyl sites for hydroxylation is 1. The summed E-state index contributed by atoms with van der Waals surface area (Å²) in [5.41, 5.74) is 9.56. The van der Waals surface area contributed by atoms with Crippen molar-refractivity contribution in [1.29, 1.82) is 0 Å². The van der Waals surface area contributed by atoms with Crippen LogP contribution in [-0.2, 0) is 0 Å². The third-order valence-electron chi connectivity index (χ3n) is 5.59. The van der Waals surface area contributed by atoms with Crippen molar-refractivity contribution in [2.24, 2.45) is 11.7 Å². The van der Waals surface area contributed by atoms with Gasteiger partial charge in [-0.15, -0.1) is 24.8 Å². The number of nitrogens with two attached hydrogens (primary N) is 1. The molecule has 2 N–H and O–H groups in total. The lowest BCUT2D eigenvalue weighted by Crippen LogP contribution is -2.49. The first-order valence-electron chi connectivity index (χ1n) is 9.64. The van der Waals surface area contributed by atoms with Crippen molar-refractivity contribution >= 4 is 41.8 Å². The molecule has 3 aromatic rings. The van der Waals surface area contributed by atoms with E-state index in [9.17, 15) is 4.79 Å². The van der Waals surface area contributed by atoms with Crippen molar-refractivity contribution in [2.75, 3.05) is 13.1 Å². The fourth-order valence-corrected chi connectivity index (χ4v) is 4.14. The number of carbonyl (C=O) groups excluding carboxylic acids is 1. The quantitative estimate of drug-likeness (QED) is 0.664. The van der Waals surface area contributed by atoms with Crippen LogP contribution < -0.4 is 5.73 Å². The first-order chi connectivity index (χ1) is 13.1. The molecule has 5 nitrogen and oxygen atoms in total. The summed E-state index contributed by atoms with van der Waals surface area (Å²) >= 11 is 0. The molecule has 0 spiro atoms. The highest BCUT2D eigenvalue weighted by molar-refractivity contribution is 5.98. The number of aromatic nitrogens is 2. The van der Waals surface area contributed by atoms with Gasteiger partial charge in [0.25, 0.3) is 5.91 Å². The third kappa shape index (κ3) is 4.42. The number of carbonyl (C=O) groups is 1. The van der Waals surface area contributed by atoms with E-state index in [2.05, 4.69) is 23.6 Å². The van der Waals surface area contributed by atoms with Crippen LogP contribution in [-0.4, -0.2) is 39.5 Å². The van der Waals surface area contributed by atoms with Gasteiger partial charge in [-0.3, -0.25) is 9.36 Å². The summed E-state index contributed by atoms with van der Waals surface area (Å²) in [5.74, 6) is 1.59. The molecule has 1 aliphatic heterocycles. The predicted octanol–water partition coefficient (Wildman–Crippen LogP) is 4.38. The number of imidazole rings is 1. The van der Waals surface area contributed by atoms with Gasteiger partial charge in [-0.05, 0) is 56.0 Å². The number of hydrogen-bond donors (Lipinski definition) is 1. The van der Waals surface area contributed by atoms with E-state index in [1.807, 2.05) is 48.2 Å². The van der Waals surface area contributed by atoms with Gasteiger partial charge in [0, 0.05) is 30.4 Å². The summed E-state index contributed by atoms with van der Waals surface area (Å²) in [6.07, 6.45) is 2.01. The number of hydrogen-bond acceptors (Lipinski definition) is 3. The molecule has 0 aliphatic carbocycles. The number of likely N-dealkylation sites (tertiary alicyclic amines) is 1. The molecule has 0 bridgehead atoms. The van der Waals surface area contributed by atoms with E-state index in [0.29, 0.717) is 18.0 Å². The molecule has 1 aromatic heterocycles. The van der Waals surface area contributed by atoms with E-state index in [-0.39, 0.29) is 36.8 Å². The summed E-state index contributed by atoms with van der Waals surface area (Å²) < 4.78 is 2.12. The monoisotopic (exact) mass is 434 g/mol. The molecule has 1 amide bonds. The summed E-state index contributed by atoms with van der Waals surface area (Å²) in [7, 11) is 0. The molecule has 0 saturated carbocycles. The summed E-state index contributed by atoms with van der Waals surface area (Å²) in [6.45, 7) is 5.51. The summed E-state index contributed by atoms with van der Waals surface area (Å²) in [5, 5.41) is 0. The number of halogens is 2. The van der Waals surface area contributed by atoms with Crippen LogP contribution in [0.5, 0.6) is 0 Å². The molecule has 29 heavy (non-hydrogen) atoms. The molecule has 2 atom stereocenters. The fourth-order valence-electron chi connectivity index (χ4n) is 4.14. The second-order valence-electron chi connectivity index (χ2n) is 7.55. The average molecular weight is 435 g/mol. The minimum atomic E-state index is 0. The van der Waals surface area contributed by atoms with Crippen molar-refractivity contribution in [3.8, 4) is 5.69 Å². The SMILES string of the molecule is Cc1nc2cc(C(=O)N3CCC(C)CC3CN)ccc2n1-c1ccccc1.Cl.Cl. The maximum Gasteiger partial charge on any atom is 0.254 e. The third-order valence-corrected chi connectivity index (χ3v) is 5.59.